The largest absolute Gasteiger partial charge is 0.287 e. The van der Waals surface area contributed by atoms with Crippen LogP contribution in [0.4, 0.5) is 5.69 Å². The molecule has 0 amide bonds. The molecule has 0 saturated carbocycles. The predicted octanol–water partition coefficient (Wildman–Crippen LogP) is 5.21. The van der Waals surface area contributed by atoms with E-state index in [0.717, 1.165) is 10.9 Å². The average molecular weight is 425 g/mol. The summed E-state index contributed by atoms with van der Waals surface area (Å²) < 4.78 is 29.3. The molecule has 0 N–H and O–H groups in total. The second-order valence-electron chi connectivity index (χ2n) is 6.13. The first kappa shape index (κ1) is 19.7. The van der Waals surface area contributed by atoms with Gasteiger partial charge in [0.15, 0.2) is 0 Å². The summed E-state index contributed by atoms with van der Waals surface area (Å²) in [6, 6.07) is 11.2. The number of carbonyl (C=O) groups is 1. The second kappa shape index (κ2) is 7.54. The van der Waals surface area contributed by atoms with E-state index >= 15 is 0 Å². The molecule has 0 atom stereocenters. The summed E-state index contributed by atoms with van der Waals surface area (Å²) in [6.45, 7) is 3.67. The Kier molecular flexibility index (Phi) is 5.51. The van der Waals surface area contributed by atoms with E-state index < -0.39 is 10.0 Å². The van der Waals surface area contributed by atoms with Gasteiger partial charge in [0.1, 0.15) is 0 Å². The monoisotopic (exact) mass is 424 g/mol. The van der Waals surface area contributed by atoms with Gasteiger partial charge in [-0.15, -0.1) is 0 Å². The Morgan fingerprint density at radius 3 is 2.33 bits per heavy atom. The number of anilines is 1. The molecule has 27 heavy (non-hydrogen) atoms. The van der Waals surface area contributed by atoms with Gasteiger partial charge in [0.2, 0.25) is 5.91 Å². The van der Waals surface area contributed by atoms with Gasteiger partial charge in [0.05, 0.1) is 16.1 Å². The molecule has 0 radical (unpaired) electrons. The summed E-state index contributed by atoms with van der Waals surface area (Å²) in [6.07, 6.45) is 2.30. The standard InChI is InChI=1S/C19H18Cl2N2O3S/c1-3-7-23(27(25,26)18-11-15(20)10-16(21)12-18)17-4-5-19-14(9-17)6-8-22(19)13(2)24/h4-6,8-12H,3,7H2,1-2H3. The molecule has 0 aliphatic heterocycles. The number of hydrogen-bond acceptors (Lipinski definition) is 3. The molecule has 8 heteroatoms. The van der Waals surface area contributed by atoms with Crippen LogP contribution in [0.5, 0.6) is 0 Å². The lowest BCUT2D eigenvalue weighted by atomic mass is 10.2. The fraction of sp³-hybridized carbons (Fsp3) is 0.211. The number of rotatable bonds is 5. The van der Waals surface area contributed by atoms with E-state index in [0.29, 0.717) is 18.7 Å². The van der Waals surface area contributed by atoms with Crippen LogP contribution in [0, 0.1) is 0 Å². The van der Waals surface area contributed by atoms with Crippen LogP contribution in [-0.4, -0.2) is 25.4 Å². The molecular weight excluding hydrogens is 407 g/mol. The number of hydrogen-bond donors (Lipinski definition) is 0. The smallest absolute Gasteiger partial charge is 0.264 e. The molecule has 0 fully saturated rings. The number of fused-ring (bicyclic) bond motifs is 1. The number of aromatic nitrogens is 1. The molecule has 0 unspecified atom stereocenters. The van der Waals surface area contributed by atoms with E-state index in [9.17, 15) is 13.2 Å². The highest BCUT2D eigenvalue weighted by Crippen LogP contribution is 2.30. The molecule has 0 spiro atoms. The SMILES string of the molecule is CCCN(c1ccc2c(ccn2C(C)=O)c1)S(=O)(=O)c1cc(Cl)cc(Cl)c1. The lowest BCUT2D eigenvalue weighted by molar-refractivity contribution is 0.0941. The van der Waals surface area contributed by atoms with Crippen LogP contribution < -0.4 is 4.31 Å². The Hall–Kier alpha value is -2.02. The van der Waals surface area contributed by atoms with Gasteiger partial charge >= 0.3 is 0 Å². The zero-order chi connectivity index (χ0) is 19.8. The second-order valence-corrected chi connectivity index (χ2v) is 8.87. The fourth-order valence-corrected chi connectivity index (χ4v) is 5.23. The molecule has 2 aromatic carbocycles. The number of halogens is 2. The normalized spacial score (nSPS) is 11.7. The predicted molar refractivity (Wildman–Crippen MR) is 110 cm³/mol. The van der Waals surface area contributed by atoms with E-state index in [2.05, 4.69) is 0 Å². The zero-order valence-electron chi connectivity index (χ0n) is 14.8. The molecule has 3 rings (SSSR count). The van der Waals surface area contributed by atoms with E-state index in [4.69, 9.17) is 23.2 Å². The van der Waals surface area contributed by atoms with Crippen molar-refractivity contribution in [2.75, 3.05) is 10.8 Å². The molecule has 1 aromatic heterocycles. The van der Waals surface area contributed by atoms with Gasteiger partial charge in [0, 0.05) is 35.1 Å². The van der Waals surface area contributed by atoms with Gasteiger partial charge in [-0.1, -0.05) is 30.1 Å². The minimum atomic E-state index is -3.85. The van der Waals surface area contributed by atoms with Crippen LogP contribution in [0.2, 0.25) is 10.0 Å². The van der Waals surface area contributed by atoms with Crippen molar-refractivity contribution < 1.29 is 13.2 Å². The molecule has 0 saturated heterocycles. The Morgan fingerprint density at radius 2 is 1.74 bits per heavy atom. The van der Waals surface area contributed by atoms with Gasteiger partial charge in [-0.05, 0) is 48.9 Å². The van der Waals surface area contributed by atoms with Crippen molar-refractivity contribution >= 4 is 55.7 Å². The highest BCUT2D eigenvalue weighted by molar-refractivity contribution is 7.92. The van der Waals surface area contributed by atoms with Crippen molar-refractivity contribution in [3.63, 3.8) is 0 Å². The lowest BCUT2D eigenvalue weighted by Crippen LogP contribution is -2.31. The quantitative estimate of drug-likeness (QED) is 0.564. The summed E-state index contributed by atoms with van der Waals surface area (Å²) in [5.41, 5.74) is 1.24. The van der Waals surface area contributed by atoms with Gasteiger partial charge in [-0.25, -0.2) is 8.42 Å². The summed E-state index contributed by atoms with van der Waals surface area (Å²) in [4.78, 5) is 11.7. The molecule has 142 valence electrons. The van der Waals surface area contributed by atoms with Crippen LogP contribution in [-0.2, 0) is 10.0 Å². The average Bonchev–Trinajstić information content (AvgIpc) is 3.02. The van der Waals surface area contributed by atoms with E-state index in [1.165, 1.54) is 34.0 Å². The first-order chi connectivity index (χ1) is 12.7. The van der Waals surface area contributed by atoms with Gasteiger partial charge in [0.25, 0.3) is 10.0 Å². The van der Waals surface area contributed by atoms with Crippen molar-refractivity contribution in [3.8, 4) is 0 Å². The zero-order valence-corrected chi connectivity index (χ0v) is 17.1. The minimum absolute atomic E-state index is 0.0369. The van der Waals surface area contributed by atoms with E-state index in [1.807, 2.05) is 6.92 Å². The molecule has 3 aromatic rings. The number of nitrogens with zero attached hydrogens (tertiary/aromatic N) is 2. The highest BCUT2D eigenvalue weighted by atomic mass is 35.5. The van der Waals surface area contributed by atoms with Crippen molar-refractivity contribution in [3.05, 3.63) is 58.7 Å². The molecule has 0 bridgehead atoms. The molecule has 0 aliphatic carbocycles. The topological polar surface area (TPSA) is 59.4 Å². The van der Waals surface area contributed by atoms with Crippen LogP contribution in [0.1, 0.15) is 25.1 Å². The maximum atomic E-state index is 13.2. The summed E-state index contributed by atoms with van der Waals surface area (Å²) in [7, 11) is -3.85. The van der Waals surface area contributed by atoms with Gasteiger partial charge < -0.3 is 0 Å². The molecular formula is C19H18Cl2N2O3S. The van der Waals surface area contributed by atoms with Crippen molar-refractivity contribution in [1.82, 2.24) is 4.57 Å². The lowest BCUT2D eigenvalue weighted by Gasteiger charge is -2.24. The van der Waals surface area contributed by atoms with Gasteiger partial charge in [-0.2, -0.15) is 0 Å². The first-order valence-electron chi connectivity index (χ1n) is 8.35. The maximum Gasteiger partial charge on any atom is 0.264 e. The van der Waals surface area contributed by atoms with Gasteiger partial charge in [-0.3, -0.25) is 13.7 Å². The highest BCUT2D eigenvalue weighted by Gasteiger charge is 2.25. The van der Waals surface area contributed by atoms with Crippen LogP contribution >= 0.6 is 23.2 Å². The third-order valence-corrected chi connectivity index (χ3v) is 6.39. The summed E-state index contributed by atoms with van der Waals surface area (Å²) >= 11 is 12.0. The Labute approximate surface area is 168 Å². The van der Waals surface area contributed by atoms with Crippen LogP contribution in [0.15, 0.2) is 53.6 Å². The fourth-order valence-electron chi connectivity index (χ4n) is 2.96. The van der Waals surface area contributed by atoms with E-state index in [-0.39, 0.29) is 20.8 Å². The molecule has 1 heterocycles. The Morgan fingerprint density at radius 1 is 1.07 bits per heavy atom. The van der Waals surface area contributed by atoms with Crippen molar-refractivity contribution in [2.24, 2.45) is 0 Å². The first-order valence-corrected chi connectivity index (χ1v) is 10.5. The van der Waals surface area contributed by atoms with Crippen LogP contribution in [0.25, 0.3) is 10.9 Å². The Balaban J connectivity index is 2.12. The number of sulfonamides is 1. The number of benzene rings is 2. The van der Waals surface area contributed by atoms with Crippen molar-refractivity contribution in [2.45, 2.75) is 25.2 Å². The van der Waals surface area contributed by atoms with Crippen LogP contribution in [0.3, 0.4) is 0 Å². The Bertz CT molecular complexity index is 1100. The summed E-state index contributed by atoms with van der Waals surface area (Å²) in [5, 5.41) is 1.29. The minimum Gasteiger partial charge on any atom is -0.287 e. The van der Waals surface area contributed by atoms with E-state index in [1.54, 1.807) is 30.5 Å². The van der Waals surface area contributed by atoms with Crippen molar-refractivity contribution in [1.29, 1.82) is 0 Å². The molecule has 0 aliphatic rings. The summed E-state index contributed by atoms with van der Waals surface area (Å²) in [5.74, 6) is -0.107. The third-order valence-electron chi connectivity index (χ3n) is 4.15. The number of carbonyl (C=O) groups excluding carboxylic acids is 1. The third kappa shape index (κ3) is 3.83. The maximum absolute atomic E-state index is 13.2. The molecule has 5 nitrogen and oxygen atoms in total.